The van der Waals surface area contributed by atoms with Crippen molar-refractivity contribution in [2.24, 2.45) is 5.92 Å². The Morgan fingerprint density at radius 3 is 2.37 bits per heavy atom. The number of carbonyl (C=O) groups is 2. The standard InChI is InChI=1S/C14H27N3O2/c1-11(10-17(2)3)9-15-13(18)14(19)16-12-7-5-4-6-8-12/h11-12H,4-10H2,1-3H3,(H,15,18)(H,16,19). The van der Waals surface area contributed by atoms with E-state index in [4.69, 9.17) is 0 Å². The fourth-order valence-corrected chi connectivity index (χ4v) is 2.53. The number of rotatable bonds is 5. The first-order valence-electron chi connectivity index (χ1n) is 7.22. The Labute approximate surface area is 116 Å². The normalized spacial score (nSPS) is 18.1. The molecule has 1 rings (SSSR count). The van der Waals surface area contributed by atoms with Gasteiger partial charge in [-0.25, -0.2) is 0 Å². The molecule has 0 aliphatic heterocycles. The van der Waals surface area contributed by atoms with Gasteiger partial charge in [-0.2, -0.15) is 0 Å². The summed E-state index contributed by atoms with van der Waals surface area (Å²) in [5.74, 6) is -0.651. The highest BCUT2D eigenvalue weighted by atomic mass is 16.2. The van der Waals surface area contributed by atoms with Crippen LogP contribution in [0.3, 0.4) is 0 Å². The van der Waals surface area contributed by atoms with Crippen molar-refractivity contribution in [3.63, 3.8) is 0 Å². The minimum atomic E-state index is -0.504. The van der Waals surface area contributed by atoms with Gasteiger partial charge in [-0.3, -0.25) is 9.59 Å². The predicted molar refractivity (Wildman–Crippen MR) is 75.7 cm³/mol. The molecule has 1 aliphatic rings. The van der Waals surface area contributed by atoms with Gasteiger partial charge in [0, 0.05) is 19.1 Å². The summed E-state index contributed by atoms with van der Waals surface area (Å²) in [4.78, 5) is 25.5. The molecule has 0 radical (unpaired) electrons. The molecule has 19 heavy (non-hydrogen) atoms. The van der Waals surface area contributed by atoms with Crippen LogP contribution in [0.25, 0.3) is 0 Å². The van der Waals surface area contributed by atoms with Gasteiger partial charge in [0.05, 0.1) is 0 Å². The van der Waals surface area contributed by atoms with Gasteiger partial charge in [0.15, 0.2) is 0 Å². The van der Waals surface area contributed by atoms with Crippen molar-refractivity contribution in [2.75, 3.05) is 27.2 Å². The van der Waals surface area contributed by atoms with E-state index in [1.807, 2.05) is 14.1 Å². The van der Waals surface area contributed by atoms with Crippen LogP contribution in [0, 0.1) is 5.92 Å². The molecule has 0 aromatic rings. The van der Waals surface area contributed by atoms with E-state index in [-0.39, 0.29) is 6.04 Å². The molecule has 110 valence electrons. The molecule has 1 aliphatic carbocycles. The molecule has 1 saturated carbocycles. The van der Waals surface area contributed by atoms with Crippen LogP contribution in [0.2, 0.25) is 0 Å². The number of amides is 2. The van der Waals surface area contributed by atoms with Crippen LogP contribution >= 0.6 is 0 Å². The summed E-state index contributed by atoms with van der Waals surface area (Å²) >= 11 is 0. The lowest BCUT2D eigenvalue weighted by atomic mass is 9.95. The second-order valence-electron chi connectivity index (χ2n) is 5.89. The molecule has 1 fully saturated rings. The highest BCUT2D eigenvalue weighted by molar-refractivity contribution is 6.35. The molecule has 0 aromatic heterocycles. The molecule has 0 bridgehead atoms. The van der Waals surface area contributed by atoms with Gasteiger partial charge in [0.2, 0.25) is 0 Å². The van der Waals surface area contributed by atoms with Gasteiger partial charge < -0.3 is 15.5 Å². The average molecular weight is 269 g/mol. The third-order valence-corrected chi connectivity index (χ3v) is 3.43. The summed E-state index contributed by atoms with van der Waals surface area (Å²) in [6.07, 6.45) is 5.52. The van der Waals surface area contributed by atoms with Crippen LogP contribution in [-0.4, -0.2) is 49.9 Å². The van der Waals surface area contributed by atoms with Gasteiger partial charge in [-0.05, 0) is 32.9 Å². The minimum absolute atomic E-state index is 0.186. The maximum atomic E-state index is 11.7. The van der Waals surface area contributed by atoms with Crippen molar-refractivity contribution in [1.29, 1.82) is 0 Å². The number of nitrogens with zero attached hydrogens (tertiary/aromatic N) is 1. The Morgan fingerprint density at radius 2 is 1.79 bits per heavy atom. The number of hydrogen-bond donors (Lipinski definition) is 2. The van der Waals surface area contributed by atoms with E-state index >= 15 is 0 Å². The number of carbonyl (C=O) groups excluding carboxylic acids is 2. The molecule has 2 N–H and O–H groups in total. The highest BCUT2D eigenvalue weighted by Gasteiger charge is 2.20. The van der Waals surface area contributed by atoms with Crippen LogP contribution in [0.15, 0.2) is 0 Å². The molecule has 1 unspecified atom stereocenters. The molecule has 0 aromatic carbocycles. The van der Waals surface area contributed by atoms with Crippen LogP contribution in [-0.2, 0) is 9.59 Å². The first-order chi connectivity index (χ1) is 8.99. The number of hydrogen-bond acceptors (Lipinski definition) is 3. The summed E-state index contributed by atoms with van der Waals surface area (Å²) in [5, 5.41) is 5.52. The molecule has 2 amide bonds. The van der Waals surface area contributed by atoms with Gasteiger partial charge >= 0.3 is 11.8 Å². The lowest BCUT2D eigenvalue weighted by Crippen LogP contribution is -2.46. The predicted octanol–water partition coefficient (Wildman–Crippen LogP) is 0.749. The molecule has 0 heterocycles. The SMILES string of the molecule is CC(CNC(=O)C(=O)NC1CCCCC1)CN(C)C. The van der Waals surface area contributed by atoms with E-state index in [9.17, 15) is 9.59 Å². The van der Waals surface area contributed by atoms with Crippen LogP contribution in [0.1, 0.15) is 39.0 Å². The second-order valence-corrected chi connectivity index (χ2v) is 5.89. The fourth-order valence-electron chi connectivity index (χ4n) is 2.53. The zero-order valence-electron chi connectivity index (χ0n) is 12.4. The summed E-state index contributed by atoms with van der Waals surface area (Å²) < 4.78 is 0. The van der Waals surface area contributed by atoms with E-state index < -0.39 is 11.8 Å². The lowest BCUT2D eigenvalue weighted by Gasteiger charge is -2.22. The van der Waals surface area contributed by atoms with Crippen molar-refractivity contribution in [2.45, 2.75) is 45.1 Å². The van der Waals surface area contributed by atoms with Gasteiger partial charge in [0.25, 0.3) is 0 Å². The van der Waals surface area contributed by atoms with Crippen LogP contribution in [0.5, 0.6) is 0 Å². The first-order valence-corrected chi connectivity index (χ1v) is 7.22. The van der Waals surface area contributed by atoms with E-state index in [0.717, 1.165) is 32.2 Å². The maximum absolute atomic E-state index is 11.7. The summed E-state index contributed by atoms with van der Waals surface area (Å²) in [6, 6.07) is 0.186. The van der Waals surface area contributed by atoms with Crippen molar-refractivity contribution in [3.05, 3.63) is 0 Å². The maximum Gasteiger partial charge on any atom is 0.309 e. The molecule has 0 spiro atoms. The van der Waals surface area contributed by atoms with E-state index in [0.29, 0.717) is 12.5 Å². The first kappa shape index (κ1) is 16.0. The zero-order valence-corrected chi connectivity index (χ0v) is 12.4. The lowest BCUT2D eigenvalue weighted by molar-refractivity contribution is -0.139. The molecule has 0 saturated heterocycles. The molecule has 5 nitrogen and oxygen atoms in total. The Kier molecular flexibility index (Phi) is 6.84. The molecular weight excluding hydrogens is 242 g/mol. The molecular formula is C14H27N3O2. The quantitative estimate of drug-likeness (QED) is 0.724. The molecule has 1 atom stereocenters. The topological polar surface area (TPSA) is 61.4 Å². The van der Waals surface area contributed by atoms with Crippen molar-refractivity contribution in [3.8, 4) is 0 Å². The third-order valence-electron chi connectivity index (χ3n) is 3.43. The Hall–Kier alpha value is -1.10. The average Bonchev–Trinajstić information content (AvgIpc) is 2.36. The summed E-state index contributed by atoms with van der Waals surface area (Å²) in [6.45, 7) is 3.49. The minimum Gasteiger partial charge on any atom is -0.348 e. The third kappa shape index (κ3) is 6.57. The van der Waals surface area contributed by atoms with Crippen LogP contribution in [0.4, 0.5) is 0 Å². The largest absolute Gasteiger partial charge is 0.348 e. The Bertz CT molecular complexity index is 299. The highest BCUT2D eigenvalue weighted by Crippen LogP contribution is 2.17. The van der Waals surface area contributed by atoms with Crippen molar-refractivity contribution >= 4 is 11.8 Å². The van der Waals surface area contributed by atoms with E-state index in [1.165, 1.54) is 6.42 Å². The smallest absolute Gasteiger partial charge is 0.309 e. The number of nitrogens with one attached hydrogen (secondary N) is 2. The Balaban J connectivity index is 2.22. The van der Waals surface area contributed by atoms with Crippen molar-refractivity contribution < 1.29 is 9.59 Å². The van der Waals surface area contributed by atoms with Crippen LogP contribution < -0.4 is 10.6 Å². The molecule has 5 heteroatoms. The monoisotopic (exact) mass is 269 g/mol. The fraction of sp³-hybridized carbons (Fsp3) is 0.857. The second kappa shape index (κ2) is 8.15. The van der Waals surface area contributed by atoms with Gasteiger partial charge in [-0.15, -0.1) is 0 Å². The Morgan fingerprint density at radius 1 is 1.16 bits per heavy atom. The van der Waals surface area contributed by atoms with E-state index in [2.05, 4.69) is 22.5 Å². The van der Waals surface area contributed by atoms with E-state index in [1.54, 1.807) is 0 Å². The summed E-state index contributed by atoms with van der Waals surface area (Å²) in [7, 11) is 3.99. The van der Waals surface area contributed by atoms with Gasteiger partial charge in [0.1, 0.15) is 0 Å². The summed E-state index contributed by atoms with van der Waals surface area (Å²) in [5.41, 5.74) is 0. The van der Waals surface area contributed by atoms with Crippen molar-refractivity contribution in [1.82, 2.24) is 15.5 Å². The zero-order chi connectivity index (χ0) is 14.3. The van der Waals surface area contributed by atoms with Gasteiger partial charge in [-0.1, -0.05) is 26.2 Å².